The third kappa shape index (κ3) is 2.93. The quantitative estimate of drug-likeness (QED) is 0.932. The predicted octanol–water partition coefficient (Wildman–Crippen LogP) is 3.61. The predicted molar refractivity (Wildman–Crippen MR) is 83.0 cm³/mol. The zero-order valence-electron chi connectivity index (χ0n) is 11.8. The molecule has 1 atom stereocenters. The third-order valence-corrected chi connectivity index (χ3v) is 4.79. The Labute approximate surface area is 133 Å². The summed E-state index contributed by atoms with van der Waals surface area (Å²) in [5.41, 5.74) is 0.929. The number of nitrogens with one attached hydrogen (secondary N) is 1. The molecule has 112 valence electrons. The molecule has 21 heavy (non-hydrogen) atoms. The first-order chi connectivity index (χ1) is 10.1. The first kappa shape index (κ1) is 14.8. The van der Waals surface area contributed by atoms with Gasteiger partial charge >= 0.3 is 0 Å². The lowest BCUT2D eigenvalue weighted by atomic mass is 9.84. The van der Waals surface area contributed by atoms with E-state index in [1.54, 1.807) is 6.07 Å². The van der Waals surface area contributed by atoms with Crippen molar-refractivity contribution in [3.8, 4) is 0 Å². The highest BCUT2D eigenvalue weighted by Crippen LogP contribution is 2.33. The molecule has 1 unspecified atom stereocenters. The van der Waals surface area contributed by atoms with E-state index in [1.165, 1.54) is 0 Å². The first-order valence-corrected chi connectivity index (χ1v) is 7.86. The van der Waals surface area contributed by atoms with E-state index in [1.807, 2.05) is 12.1 Å². The molecule has 1 aliphatic rings. The molecule has 1 aromatic heterocycles. The summed E-state index contributed by atoms with van der Waals surface area (Å²) in [7, 11) is 0. The fourth-order valence-electron chi connectivity index (χ4n) is 2.76. The van der Waals surface area contributed by atoms with Gasteiger partial charge in [0.15, 0.2) is 5.82 Å². The average molecular weight is 326 g/mol. The Balaban J connectivity index is 1.82. The molecule has 1 aromatic carbocycles. The minimum absolute atomic E-state index is 0.0188. The van der Waals surface area contributed by atoms with Crippen molar-refractivity contribution in [2.24, 2.45) is 0 Å². The molecule has 0 bridgehead atoms. The fourth-order valence-corrected chi connectivity index (χ4v) is 3.23. The van der Waals surface area contributed by atoms with Crippen LogP contribution in [-0.4, -0.2) is 23.2 Å². The van der Waals surface area contributed by atoms with Crippen LogP contribution in [0.25, 0.3) is 0 Å². The molecule has 0 amide bonds. The van der Waals surface area contributed by atoms with Crippen molar-refractivity contribution in [1.29, 1.82) is 0 Å². The van der Waals surface area contributed by atoms with Crippen LogP contribution in [0, 0.1) is 0 Å². The van der Waals surface area contributed by atoms with Gasteiger partial charge in [0, 0.05) is 23.0 Å². The molecular weight excluding hydrogens is 309 g/mol. The van der Waals surface area contributed by atoms with E-state index in [2.05, 4.69) is 22.4 Å². The maximum absolute atomic E-state index is 6.19. The molecular formula is C15H17Cl2N3O. The van der Waals surface area contributed by atoms with Gasteiger partial charge in [-0.3, -0.25) is 0 Å². The van der Waals surface area contributed by atoms with Crippen molar-refractivity contribution in [2.75, 3.05) is 13.1 Å². The second kappa shape index (κ2) is 5.95. The number of rotatable bonds is 4. The number of hydrogen-bond donors (Lipinski definition) is 1. The molecule has 1 saturated heterocycles. The number of aromatic nitrogens is 2. The third-order valence-electron chi connectivity index (χ3n) is 4.21. The Morgan fingerprint density at radius 1 is 1.38 bits per heavy atom. The van der Waals surface area contributed by atoms with E-state index in [9.17, 15) is 0 Å². The molecule has 1 aliphatic heterocycles. The maximum atomic E-state index is 6.19. The van der Waals surface area contributed by atoms with Gasteiger partial charge in [0.1, 0.15) is 0 Å². The second-order valence-electron chi connectivity index (χ2n) is 5.49. The van der Waals surface area contributed by atoms with Crippen LogP contribution in [0.4, 0.5) is 0 Å². The minimum atomic E-state index is -0.0188. The summed E-state index contributed by atoms with van der Waals surface area (Å²) < 4.78 is 5.51. The zero-order valence-corrected chi connectivity index (χ0v) is 13.3. The van der Waals surface area contributed by atoms with Crippen LogP contribution in [-0.2, 0) is 11.8 Å². The first-order valence-electron chi connectivity index (χ1n) is 7.11. The Morgan fingerprint density at radius 3 is 2.90 bits per heavy atom. The molecule has 1 N–H and O–H groups in total. The Bertz CT molecular complexity index is 636. The van der Waals surface area contributed by atoms with E-state index in [0.717, 1.165) is 37.4 Å². The number of hydrogen-bond acceptors (Lipinski definition) is 4. The highest BCUT2D eigenvalue weighted by atomic mass is 35.5. The van der Waals surface area contributed by atoms with Gasteiger partial charge in [0.2, 0.25) is 5.89 Å². The summed E-state index contributed by atoms with van der Waals surface area (Å²) in [6.45, 7) is 4.05. The molecule has 2 heterocycles. The van der Waals surface area contributed by atoms with Crippen LogP contribution < -0.4 is 5.32 Å². The van der Waals surface area contributed by atoms with E-state index in [0.29, 0.717) is 22.3 Å². The summed E-state index contributed by atoms with van der Waals surface area (Å²) in [4.78, 5) is 4.58. The van der Waals surface area contributed by atoms with Crippen molar-refractivity contribution in [1.82, 2.24) is 15.5 Å². The van der Waals surface area contributed by atoms with Crippen LogP contribution in [0.5, 0.6) is 0 Å². The van der Waals surface area contributed by atoms with Crippen molar-refractivity contribution < 1.29 is 4.52 Å². The number of nitrogens with zero attached hydrogens (tertiary/aromatic N) is 2. The molecule has 0 aliphatic carbocycles. The second-order valence-corrected chi connectivity index (χ2v) is 6.33. The summed E-state index contributed by atoms with van der Waals surface area (Å²) >= 11 is 12.1. The van der Waals surface area contributed by atoms with E-state index < -0.39 is 0 Å². The van der Waals surface area contributed by atoms with Gasteiger partial charge < -0.3 is 9.84 Å². The highest BCUT2D eigenvalue weighted by molar-refractivity contribution is 6.35. The molecule has 4 nitrogen and oxygen atoms in total. The molecule has 0 radical (unpaired) electrons. The van der Waals surface area contributed by atoms with Gasteiger partial charge in [0.25, 0.3) is 0 Å². The van der Waals surface area contributed by atoms with Gasteiger partial charge in [-0.25, -0.2) is 0 Å². The molecule has 2 aromatic rings. The van der Waals surface area contributed by atoms with Crippen molar-refractivity contribution in [3.63, 3.8) is 0 Å². The number of halogens is 2. The summed E-state index contributed by atoms with van der Waals surface area (Å²) in [5.74, 6) is 1.39. The smallest absolute Gasteiger partial charge is 0.234 e. The summed E-state index contributed by atoms with van der Waals surface area (Å²) in [6, 6.07) is 5.44. The molecule has 6 heteroatoms. The topological polar surface area (TPSA) is 51.0 Å². The maximum Gasteiger partial charge on any atom is 0.234 e. The summed E-state index contributed by atoms with van der Waals surface area (Å²) in [6.07, 6.45) is 2.57. The van der Waals surface area contributed by atoms with Crippen molar-refractivity contribution in [2.45, 2.75) is 31.6 Å². The zero-order chi connectivity index (χ0) is 14.9. The van der Waals surface area contributed by atoms with Gasteiger partial charge in [0.05, 0.1) is 5.41 Å². The van der Waals surface area contributed by atoms with Gasteiger partial charge in [-0.05, 0) is 37.1 Å². The largest absolute Gasteiger partial charge is 0.339 e. The molecule has 0 spiro atoms. The lowest BCUT2D eigenvalue weighted by Crippen LogP contribution is -2.28. The standard InChI is InChI=1S/C15H17Cl2N3O/c1-2-15(5-6-18-9-15)14-19-13(20-21-14)7-10-3-4-11(16)8-12(10)17/h3-4,8,18H,2,5-7,9H2,1H3. The average Bonchev–Trinajstić information content (AvgIpc) is 3.11. The van der Waals surface area contributed by atoms with Crippen LogP contribution in [0.15, 0.2) is 22.7 Å². The molecule has 1 fully saturated rings. The highest BCUT2D eigenvalue weighted by Gasteiger charge is 2.39. The van der Waals surface area contributed by atoms with Crippen molar-refractivity contribution >= 4 is 23.2 Å². The lowest BCUT2D eigenvalue weighted by Gasteiger charge is -2.20. The van der Waals surface area contributed by atoms with E-state index >= 15 is 0 Å². The lowest BCUT2D eigenvalue weighted by molar-refractivity contribution is 0.283. The minimum Gasteiger partial charge on any atom is -0.339 e. The Morgan fingerprint density at radius 2 is 2.24 bits per heavy atom. The van der Waals surface area contributed by atoms with Crippen LogP contribution in [0.3, 0.4) is 0 Å². The van der Waals surface area contributed by atoms with E-state index in [4.69, 9.17) is 27.7 Å². The number of benzene rings is 1. The summed E-state index contributed by atoms with van der Waals surface area (Å²) in [5, 5.41) is 8.73. The normalized spacial score (nSPS) is 21.9. The van der Waals surface area contributed by atoms with E-state index in [-0.39, 0.29) is 5.41 Å². The fraction of sp³-hybridized carbons (Fsp3) is 0.467. The van der Waals surface area contributed by atoms with Crippen LogP contribution >= 0.6 is 23.2 Å². The van der Waals surface area contributed by atoms with Crippen LogP contribution in [0.2, 0.25) is 10.0 Å². The van der Waals surface area contributed by atoms with Crippen molar-refractivity contribution in [3.05, 3.63) is 45.5 Å². The van der Waals surface area contributed by atoms with Gasteiger partial charge in [-0.2, -0.15) is 4.98 Å². The molecule has 0 saturated carbocycles. The molecule has 3 rings (SSSR count). The SMILES string of the molecule is CCC1(c2nc(Cc3ccc(Cl)cc3Cl)no2)CCNC1. The monoisotopic (exact) mass is 325 g/mol. The van der Waals surface area contributed by atoms with Gasteiger partial charge in [-0.1, -0.05) is 41.3 Å². The Kier molecular flexibility index (Phi) is 4.20. The van der Waals surface area contributed by atoms with Gasteiger partial charge in [-0.15, -0.1) is 0 Å². The van der Waals surface area contributed by atoms with Crippen LogP contribution in [0.1, 0.15) is 37.0 Å². The Hall–Kier alpha value is -1.10.